The van der Waals surface area contributed by atoms with Crippen LogP contribution < -0.4 is 10.2 Å². The van der Waals surface area contributed by atoms with Gasteiger partial charge in [-0.05, 0) is 63.0 Å². The monoisotopic (exact) mass is 310 g/mol. The van der Waals surface area contributed by atoms with Gasteiger partial charge in [0.05, 0.1) is 10.6 Å². The molecular weight excluding hydrogens is 284 g/mol. The molecule has 0 unspecified atom stereocenters. The summed E-state index contributed by atoms with van der Waals surface area (Å²) in [6.45, 7) is 4.90. The smallest absolute Gasteiger partial charge is 0.178 e. The van der Waals surface area contributed by atoms with Gasteiger partial charge in [0.1, 0.15) is 0 Å². The van der Waals surface area contributed by atoms with Crippen molar-refractivity contribution in [3.05, 3.63) is 24.3 Å². The SMILES string of the molecule is CCS(=O)(=O)c1ccc(N2CCC(CCNC)CC2)cc1. The highest BCUT2D eigenvalue weighted by Gasteiger charge is 2.19. The normalized spacial score (nSPS) is 17.1. The molecule has 2 rings (SSSR count). The number of sulfone groups is 1. The second kappa shape index (κ2) is 7.27. The highest BCUT2D eigenvalue weighted by atomic mass is 32.2. The van der Waals surface area contributed by atoms with E-state index in [0.717, 1.165) is 31.2 Å². The zero-order valence-corrected chi connectivity index (χ0v) is 13.8. The van der Waals surface area contributed by atoms with Gasteiger partial charge in [-0.15, -0.1) is 0 Å². The summed E-state index contributed by atoms with van der Waals surface area (Å²) in [5.74, 6) is 0.969. The molecule has 118 valence electrons. The molecule has 1 aromatic carbocycles. The standard InChI is InChI=1S/C16H26N2O2S/c1-3-21(19,20)16-6-4-15(5-7-16)18-12-9-14(10-13-18)8-11-17-2/h4-7,14,17H,3,8-13H2,1-2H3. The Morgan fingerprint density at radius 2 is 1.81 bits per heavy atom. The maximum atomic E-state index is 11.8. The van der Waals surface area contributed by atoms with E-state index in [0.29, 0.717) is 4.90 Å². The molecule has 1 fully saturated rings. The maximum Gasteiger partial charge on any atom is 0.178 e. The zero-order chi connectivity index (χ0) is 15.3. The highest BCUT2D eigenvalue weighted by molar-refractivity contribution is 7.91. The Morgan fingerprint density at radius 3 is 2.33 bits per heavy atom. The summed E-state index contributed by atoms with van der Waals surface area (Å²) in [5.41, 5.74) is 1.14. The molecular formula is C16H26N2O2S. The van der Waals surface area contributed by atoms with Crippen LogP contribution in [0.3, 0.4) is 0 Å². The Morgan fingerprint density at radius 1 is 1.19 bits per heavy atom. The third-order valence-electron chi connectivity index (χ3n) is 4.36. The molecule has 1 aliphatic heterocycles. The molecule has 0 bridgehead atoms. The lowest BCUT2D eigenvalue weighted by Crippen LogP contribution is -2.34. The van der Waals surface area contributed by atoms with Gasteiger partial charge in [0.2, 0.25) is 0 Å². The molecule has 1 heterocycles. The number of hydrogen-bond acceptors (Lipinski definition) is 4. The number of hydrogen-bond donors (Lipinski definition) is 1. The fourth-order valence-corrected chi connectivity index (χ4v) is 3.74. The first-order valence-electron chi connectivity index (χ1n) is 7.79. The predicted molar refractivity (Wildman–Crippen MR) is 87.6 cm³/mol. The van der Waals surface area contributed by atoms with Crippen LogP contribution in [0, 0.1) is 5.92 Å². The molecule has 1 aromatic rings. The van der Waals surface area contributed by atoms with Gasteiger partial charge in [-0.3, -0.25) is 0 Å². The largest absolute Gasteiger partial charge is 0.372 e. The molecule has 21 heavy (non-hydrogen) atoms. The summed E-state index contributed by atoms with van der Waals surface area (Å²) in [7, 11) is -1.09. The van der Waals surface area contributed by atoms with E-state index in [1.165, 1.54) is 19.3 Å². The van der Waals surface area contributed by atoms with Crippen molar-refractivity contribution in [2.45, 2.75) is 31.1 Å². The fourth-order valence-electron chi connectivity index (χ4n) is 2.86. The molecule has 0 aliphatic carbocycles. The van der Waals surface area contributed by atoms with Gasteiger partial charge in [0.15, 0.2) is 9.84 Å². The molecule has 0 amide bonds. The van der Waals surface area contributed by atoms with E-state index in [-0.39, 0.29) is 5.75 Å². The Bertz CT molecular complexity index is 532. The van der Waals surface area contributed by atoms with Gasteiger partial charge in [0.25, 0.3) is 0 Å². The van der Waals surface area contributed by atoms with E-state index in [2.05, 4.69) is 10.2 Å². The van der Waals surface area contributed by atoms with E-state index in [1.807, 2.05) is 19.2 Å². The summed E-state index contributed by atoms with van der Waals surface area (Å²) >= 11 is 0. The molecule has 1 aliphatic rings. The molecule has 0 radical (unpaired) electrons. The Kier molecular flexibility index (Phi) is 5.65. The van der Waals surface area contributed by atoms with Gasteiger partial charge in [-0.25, -0.2) is 8.42 Å². The third kappa shape index (κ3) is 4.20. The van der Waals surface area contributed by atoms with Crippen molar-refractivity contribution in [2.75, 3.05) is 37.3 Å². The van der Waals surface area contributed by atoms with Crippen molar-refractivity contribution in [1.29, 1.82) is 0 Å². The Hall–Kier alpha value is -1.07. The van der Waals surface area contributed by atoms with E-state index in [4.69, 9.17) is 0 Å². The van der Waals surface area contributed by atoms with Crippen LogP contribution in [-0.4, -0.2) is 40.9 Å². The lowest BCUT2D eigenvalue weighted by molar-refractivity contribution is 0.378. The van der Waals surface area contributed by atoms with E-state index < -0.39 is 9.84 Å². The van der Waals surface area contributed by atoms with Crippen LogP contribution in [0.1, 0.15) is 26.2 Å². The van der Waals surface area contributed by atoms with Gasteiger partial charge in [0, 0.05) is 18.8 Å². The lowest BCUT2D eigenvalue weighted by Gasteiger charge is -2.33. The van der Waals surface area contributed by atoms with Gasteiger partial charge < -0.3 is 10.2 Å². The number of nitrogens with one attached hydrogen (secondary N) is 1. The Labute approximate surface area is 128 Å². The van der Waals surface area contributed by atoms with Crippen LogP contribution in [-0.2, 0) is 9.84 Å². The molecule has 0 aromatic heterocycles. The van der Waals surface area contributed by atoms with Crippen LogP contribution in [0.4, 0.5) is 5.69 Å². The molecule has 4 nitrogen and oxygen atoms in total. The summed E-state index contributed by atoms with van der Waals surface area (Å²) < 4.78 is 23.6. The van der Waals surface area contributed by atoms with Crippen LogP contribution in [0.25, 0.3) is 0 Å². The first-order valence-corrected chi connectivity index (χ1v) is 9.44. The minimum absolute atomic E-state index is 0.156. The summed E-state index contributed by atoms with van der Waals surface area (Å²) in [6, 6.07) is 7.36. The molecule has 1 N–H and O–H groups in total. The van der Waals surface area contributed by atoms with E-state index in [9.17, 15) is 8.42 Å². The third-order valence-corrected chi connectivity index (χ3v) is 6.11. The second-order valence-corrected chi connectivity index (χ2v) is 8.00. The minimum Gasteiger partial charge on any atom is -0.372 e. The average molecular weight is 310 g/mol. The topological polar surface area (TPSA) is 49.4 Å². The van der Waals surface area contributed by atoms with Crippen molar-refractivity contribution in [3.63, 3.8) is 0 Å². The number of piperidine rings is 1. The van der Waals surface area contributed by atoms with Gasteiger partial charge >= 0.3 is 0 Å². The van der Waals surface area contributed by atoms with Crippen molar-refractivity contribution in [3.8, 4) is 0 Å². The van der Waals surface area contributed by atoms with Crippen molar-refractivity contribution in [2.24, 2.45) is 5.92 Å². The van der Waals surface area contributed by atoms with Crippen molar-refractivity contribution < 1.29 is 8.42 Å². The van der Waals surface area contributed by atoms with Gasteiger partial charge in [-0.1, -0.05) is 6.92 Å². The second-order valence-electron chi connectivity index (χ2n) is 5.72. The van der Waals surface area contributed by atoms with Crippen LogP contribution in [0.5, 0.6) is 0 Å². The van der Waals surface area contributed by atoms with Crippen LogP contribution >= 0.6 is 0 Å². The van der Waals surface area contributed by atoms with Crippen molar-refractivity contribution in [1.82, 2.24) is 5.32 Å². The number of rotatable bonds is 6. The van der Waals surface area contributed by atoms with E-state index in [1.54, 1.807) is 19.1 Å². The van der Waals surface area contributed by atoms with Gasteiger partial charge in [-0.2, -0.15) is 0 Å². The fraction of sp³-hybridized carbons (Fsp3) is 0.625. The summed E-state index contributed by atoms with van der Waals surface area (Å²) in [4.78, 5) is 2.79. The lowest BCUT2D eigenvalue weighted by atomic mass is 9.93. The maximum absolute atomic E-state index is 11.8. The molecule has 1 saturated heterocycles. The van der Waals surface area contributed by atoms with Crippen molar-refractivity contribution >= 4 is 15.5 Å². The average Bonchev–Trinajstić information content (AvgIpc) is 2.53. The molecule has 0 atom stereocenters. The number of benzene rings is 1. The van der Waals surface area contributed by atoms with Crippen LogP contribution in [0.15, 0.2) is 29.2 Å². The molecule has 0 saturated carbocycles. The zero-order valence-electron chi connectivity index (χ0n) is 13.0. The minimum atomic E-state index is -3.09. The summed E-state index contributed by atoms with van der Waals surface area (Å²) in [5, 5.41) is 3.21. The molecule has 0 spiro atoms. The summed E-state index contributed by atoms with van der Waals surface area (Å²) in [6.07, 6.45) is 3.69. The quantitative estimate of drug-likeness (QED) is 0.876. The first kappa shape index (κ1) is 16.3. The number of nitrogens with zero attached hydrogens (tertiary/aromatic N) is 1. The predicted octanol–water partition coefficient (Wildman–Crippen LogP) is 2.31. The number of anilines is 1. The first-order chi connectivity index (χ1) is 10.1. The highest BCUT2D eigenvalue weighted by Crippen LogP contribution is 2.26. The Balaban J connectivity index is 1.95. The van der Waals surface area contributed by atoms with E-state index >= 15 is 0 Å². The molecule has 5 heteroatoms. The van der Waals surface area contributed by atoms with Crippen LogP contribution in [0.2, 0.25) is 0 Å².